The van der Waals surface area contributed by atoms with Crippen molar-refractivity contribution in [3.63, 3.8) is 0 Å². The Labute approximate surface area is 167 Å². The van der Waals surface area contributed by atoms with Crippen LogP contribution in [-0.4, -0.2) is 48.5 Å². The van der Waals surface area contributed by atoms with E-state index in [0.29, 0.717) is 30.8 Å². The van der Waals surface area contributed by atoms with Gasteiger partial charge < -0.3 is 10.2 Å². The summed E-state index contributed by atoms with van der Waals surface area (Å²) in [6.45, 7) is 4.15. The maximum atomic E-state index is 13.6. The predicted molar refractivity (Wildman–Crippen MR) is 104 cm³/mol. The van der Waals surface area contributed by atoms with Crippen molar-refractivity contribution in [2.75, 3.05) is 26.7 Å². The molecule has 29 heavy (non-hydrogen) atoms. The van der Waals surface area contributed by atoms with E-state index < -0.39 is 17.3 Å². The summed E-state index contributed by atoms with van der Waals surface area (Å²) in [5.41, 5.74) is -0.670. The lowest BCUT2D eigenvalue weighted by atomic mass is 9.76. The number of pyridine rings is 1. The normalized spacial score (nSPS) is 28.3. The molecule has 0 unspecified atom stereocenters. The van der Waals surface area contributed by atoms with Crippen molar-refractivity contribution in [1.82, 2.24) is 20.5 Å². The van der Waals surface area contributed by atoms with Crippen LogP contribution in [0.25, 0.3) is 10.9 Å². The van der Waals surface area contributed by atoms with Gasteiger partial charge in [-0.2, -0.15) is 13.2 Å². The first-order valence-corrected chi connectivity index (χ1v) is 9.90. The van der Waals surface area contributed by atoms with Gasteiger partial charge in [0, 0.05) is 31.7 Å². The van der Waals surface area contributed by atoms with Gasteiger partial charge in [0.05, 0.1) is 22.7 Å². The predicted octanol–water partition coefficient (Wildman–Crippen LogP) is 2.90. The number of amides is 1. The number of benzene rings is 1. The molecule has 0 bridgehead atoms. The molecule has 8 heteroatoms. The lowest BCUT2D eigenvalue weighted by Gasteiger charge is -2.44. The number of carbonyl (C=O) groups excluding carboxylic acids is 1. The average molecular weight is 406 g/mol. The molecule has 156 valence electrons. The Morgan fingerprint density at radius 1 is 1.31 bits per heavy atom. The van der Waals surface area contributed by atoms with E-state index in [1.165, 1.54) is 6.20 Å². The average Bonchev–Trinajstić information content (AvgIpc) is 2.98. The van der Waals surface area contributed by atoms with Crippen molar-refractivity contribution in [3.8, 4) is 0 Å². The first-order valence-electron chi connectivity index (χ1n) is 9.90. The Morgan fingerprint density at radius 2 is 2.10 bits per heavy atom. The molecule has 0 radical (unpaired) electrons. The maximum absolute atomic E-state index is 13.6. The molecule has 2 aliphatic rings. The minimum atomic E-state index is -4.48. The van der Waals surface area contributed by atoms with Gasteiger partial charge in [-0.25, -0.2) is 0 Å². The summed E-state index contributed by atoms with van der Waals surface area (Å²) in [5.74, 6) is 0.330. The fraction of sp³-hybridized carbons (Fsp3) is 0.524. The van der Waals surface area contributed by atoms with Gasteiger partial charge in [0.15, 0.2) is 0 Å². The van der Waals surface area contributed by atoms with E-state index in [1.807, 2.05) is 0 Å². The molecule has 0 aliphatic carbocycles. The molecule has 0 spiro atoms. The van der Waals surface area contributed by atoms with E-state index in [2.05, 4.69) is 22.5 Å². The zero-order valence-corrected chi connectivity index (χ0v) is 16.5. The highest BCUT2D eigenvalue weighted by Gasteiger charge is 2.43. The fourth-order valence-corrected chi connectivity index (χ4v) is 4.77. The molecule has 3 atom stereocenters. The second-order valence-electron chi connectivity index (χ2n) is 8.33. The summed E-state index contributed by atoms with van der Waals surface area (Å²) >= 11 is 0. The number of fused-ring (bicyclic) bond motifs is 1. The van der Waals surface area contributed by atoms with Gasteiger partial charge in [-0.05, 0) is 43.0 Å². The SMILES string of the molecule is C[C@@H]1CNC[C@](N[C@@H]2CCN(C)C2=O)(c2ccc(C(F)(F)F)c3ncccc23)C1. The second kappa shape index (κ2) is 7.25. The molecular weight excluding hydrogens is 381 g/mol. The Morgan fingerprint density at radius 3 is 2.76 bits per heavy atom. The van der Waals surface area contributed by atoms with Gasteiger partial charge in [-0.15, -0.1) is 0 Å². The van der Waals surface area contributed by atoms with Crippen LogP contribution in [0.15, 0.2) is 30.5 Å². The molecule has 2 saturated heterocycles. The standard InChI is InChI=1S/C21H25F3N4O/c1-13-10-20(12-25-11-13,27-17-7-9-28(2)19(17)29)15-5-6-16(21(22,23)24)18-14(15)4-3-8-26-18/h3-6,8,13,17,25,27H,7,9-12H2,1-2H3/t13-,17+,20-/m0/s1. The topological polar surface area (TPSA) is 57.3 Å². The zero-order valence-electron chi connectivity index (χ0n) is 16.5. The van der Waals surface area contributed by atoms with E-state index in [4.69, 9.17) is 0 Å². The number of nitrogens with one attached hydrogen (secondary N) is 2. The highest BCUT2D eigenvalue weighted by Crippen LogP contribution is 2.40. The maximum Gasteiger partial charge on any atom is 0.418 e. The monoisotopic (exact) mass is 406 g/mol. The quantitative estimate of drug-likeness (QED) is 0.823. The van der Waals surface area contributed by atoms with E-state index in [1.54, 1.807) is 30.1 Å². The van der Waals surface area contributed by atoms with Crippen LogP contribution in [-0.2, 0) is 16.5 Å². The highest BCUT2D eigenvalue weighted by molar-refractivity contribution is 5.87. The number of alkyl halides is 3. The number of carbonyl (C=O) groups is 1. The molecule has 2 aromatic rings. The molecule has 2 fully saturated rings. The molecule has 4 rings (SSSR count). The minimum absolute atomic E-state index is 0.0249. The van der Waals surface area contributed by atoms with Crippen molar-refractivity contribution in [1.29, 1.82) is 0 Å². The van der Waals surface area contributed by atoms with Crippen molar-refractivity contribution >= 4 is 16.8 Å². The molecule has 3 heterocycles. The molecule has 1 amide bonds. The largest absolute Gasteiger partial charge is 0.418 e. The van der Waals surface area contributed by atoms with Gasteiger partial charge in [-0.3, -0.25) is 15.1 Å². The van der Waals surface area contributed by atoms with Crippen LogP contribution in [0.4, 0.5) is 13.2 Å². The number of hydrogen-bond acceptors (Lipinski definition) is 4. The molecular formula is C21H25F3N4O. The van der Waals surface area contributed by atoms with Gasteiger partial charge in [-0.1, -0.05) is 19.1 Å². The highest BCUT2D eigenvalue weighted by atomic mass is 19.4. The lowest BCUT2D eigenvalue weighted by molar-refractivity contribution is -0.136. The third kappa shape index (κ3) is 3.59. The van der Waals surface area contributed by atoms with E-state index in [9.17, 15) is 18.0 Å². The Hall–Kier alpha value is -2.19. The zero-order chi connectivity index (χ0) is 20.8. The van der Waals surface area contributed by atoms with Crippen LogP contribution >= 0.6 is 0 Å². The van der Waals surface area contributed by atoms with Crippen LogP contribution in [0, 0.1) is 5.92 Å². The van der Waals surface area contributed by atoms with Gasteiger partial charge >= 0.3 is 6.18 Å². The lowest BCUT2D eigenvalue weighted by Crippen LogP contribution is -2.59. The molecule has 1 aromatic carbocycles. The smallest absolute Gasteiger partial charge is 0.344 e. The number of halogens is 3. The Bertz CT molecular complexity index is 932. The Balaban J connectivity index is 1.85. The summed E-state index contributed by atoms with van der Waals surface area (Å²) in [7, 11) is 1.77. The molecule has 5 nitrogen and oxygen atoms in total. The third-order valence-electron chi connectivity index (χ3n) is 6.09. The summed E-state index contributed by atoms with van der Waals surface area (Å²) < 4.78 is 40.7. The number of likely N-dealkylation sites (tertiary alicyclic amines) is 1. The summed E-state index contributed by atoms with van der Waals surface area (Å²) in [5, 5.41) is 7.43. The van der Waals surface area contributed by atoms with Crippen molar-refractivity contribution < 1.29 is 18.0 Å². The van der Waals surface area contributed by atoms with Crippen LogP contribution in [0.1, 0.15) is 30.9 Å². The number of likely N-dealkylation sites (N-methyl/N-ethyl adjacent to an activating group) is 1. The van der Waals surface area contributed by atoms with Gasteiger partial charge in [0.2, 0.25) is 5.91 Å². The summed E-state index contributed by atoms with van der Waals surface area (Å²) in [6.07, 6.45) is -1.68. The molecule has 2 aliphatic heterocycles. The Kier molecular flexibility index (Phi) is 5.02. The number of piperidine rings is 1. The first kappa shape index (κ1) is 20.1. The summed E-state index contributed by atoms with van der Waals surface area (Å²) in [6, 6.07) is 5.69. The molecule has 1 aromatic heterocycles. The van der Waals surface area contributed by atoms with Crippen LogP contribution in [0.3, 0.4) is 0 Å². The van der Waals surface area contributed by atoms with E-state index in [-0.39, 0.29) is 17.5 Å². The summed E-state index contributed by atoms with van der Waals surface area (Å²) in [4.78, 5) is 18.3. The van der Waals surface area contributed by atoms with E-state index in [0.717, 1.165) is 24.6 Å². The second-order valence-corrected chi connectivity index (χ2v) is 8.33. The van der Waals surface area contributed by atoms with Gasteiger partial charge in [0.1, 0.15) is 0 Å². The fourth-order valence-electron chi connectivity index (χ4n) is 4.77. The van der Waals surface area contributed by atoms with Gasteiger partial charge in [0.25, 0.3) is 0 Å². The van der Waals surface area contributed by atoms with Crippen LogP contribution in [0.2, 0.25) is 0 Å². The first-order chi connectivity index (χ1) is 13.7. The number of nitrogens with zero attached hydrogens (tertiary/aromatic N) is 2. The van der Waals surface area contributed by atoms with Crippen molar-refractivity contribution in [2.24, 2.45) is 5.92 Å². The molecule has 2 N–H and O–H groups in total. The number of hydrogen-bond donors (Lipinski definition) is 2. The number of rotatable bonds is 3. The van der Waals surface area contributed by atoms with E-state index >= 15 is 0 Å². The number of aromatic nitrogens is 1. The van der Waals surface area contributed by atoms with Crippen molar-refractivity contribution in [3.05, 3.63) is 41.6 Å². The minimum Gasteiger partial charge on any atom is -0.344 e. The third-order valence-corrected chi connectivity index (χ3v) is 6.09. The molecule has 0 saturated carbocycles. The van der Waals surface area contributed by atoms with Crippen molar-refractivity contribution in [2.45, 2.75) is 37.5 Å². The van der Waals surface area contributed by atoms with Crippen LogP contribution in [0.5, 0.6) is 0 Å². The van der Waals surface area contributed by atoms with Crippen LogP contribution < -0.4 is 10.6 Å².